The van der Waals surface area contributed by atoms with Gasteiger partial charge in [0.15, 0.2) is 0 Å². The lowest BCUT2D eigenvalue weighted by atomic mass is 10.1. The molecule has 2 rings (SSSR count). The Kier molecular flexibility index (Phi) is 5.77. The van der Waals surface area contributed by atoms with E-state index in [4.69, 9.17) is 38.3 Å². The molecule has 0 spiro atoms. The lowest BCUT2D eigenvalue weighted by molar-refractivity contribution is 0.0651. The van der Waals surface area contributed by atoms with Crippen molar-refractivity contribution in [3.63, 3.8) is 0 Å². The Labute approximate surface area is 141 Å². The maximum atomic E-state index is 10.6. The Morgan fingerprint density at radius 1 is 0.600 bits per heavy atom. The Balaban J connectivity index is 0.000000257. The number of hydrogen-bond acceptors (Lipinski definition) is 7. The molecule has 0 aliphatic carbocycles. The van der Waals surface area contributed by atoms with Crippen molar-refractivity contribution in [2.45, 2.75) is 0 Å². The standard InChI is InChI=1S/C8H8N2O4.C7H8N2O2/c9-5-1-3(7(11)12)4(8(13)14)2-6(5)10;8-5-2-1-4(7(10)11)3-6(5)9/h1-2H,9-10H2,(H,11,12)(H,13,14);1-3H,8-9H2,(H,10,11). The summed E-state index contributed by atoms with van der Waals surface area (Å²) in [6.45, 7) is 0. The van der Waals surface area contributed by atoms with Gasteiger partial charge in [0, 0.05) is 0 Å². The molecule has 10 nitrogen and oxygen atoms in total. The van der Waals surface area contributed by atoms with E-state index in [-0.39, 0.29) is 28.1 Å². The van der Waals surface area contributed by atoms with Gasteiger partial charge in [-0.05, 0) is 30.3 Å². The van der Waals surface area contributed by atoms with Gasteiger partial charge in [-0.3, -0.25) is 0 Å². The molecular weight excluding hydrogens is 332 g/mol. The molecule has 0 saturated carbocycles. The second-order valence-electron chi connectivity index (χ2n) is 4.79. The van der Waals surface area contributed by atoms with Crippen LogP contribution in [-0.2, 0) is 0 Å². The minimum Gasteiger partial charge on any atom is -0.478 e. The summed E-state index contributed by atoms with van der Waals surface area (Å²) in [5.74, 6) is -3.71. The molecule has 132 valence electrons. The van der Waals surface area contributed by atoms with Crippen LogP contribution in [0.3, 0.4) is 0 Å². The fraction of sp³-hybridized carbons (Fsp3) is 0. The first-order valence-electron chi connectivity index (χ1n) is 6.58. The smallest absolute Gasteiger partial charge is 0.336 e. The van der Waals surface area contributed by atoms with Gasteiger partial charge in [0.1, 0.15) is 0 Å². The molecular formula is C15H16N4O6. The molecule has 0 aromatic heterocycles. The fourth-order valence-electron chi connectivity index (χ4n) is 1.69. The number of anilines is 4. The number of carbonyl (C=O) groups is 3. The average molecular weight is 348 g/mol. The first-order chi connectivity index (χ1) is 11.5. The quantitative estimate of drug-likeness (QED) is 0.387. The summed E-state index contributed by atoms with van der Waals surface area (Å²) in [5.41, 5.74) is 21.6. The van der Waals surface area contributed by atoms with Crippen LogP contribution in [0.5, 0.6) is 0 Å². The molecule has 11 N–H and O–H groups in total. The molecule has 0 aliphatic heterocycles. The fourth-order valence-corrected chi connectivity index (χ4v) is 1.69. The number of carboxylic acid groups (broad SMARTS) is 3. The second kappa shape index (κ2) is 7.55. The summed E-state index contributed by atoms with van der Waals surface area (Å²) in [5, 5.41) is 25.8. The molecule has 0 atom stereocenters. The van der Waals surface area contributed by atoms with E-state index < -0.39 is 17.9 Å². The maximum Gasteiger partial charge on any atom is 0.336 e. The third kappa shape index (κ3) is 4.76. The molecule has 0 unspecified atom stereocenters. The van der Waals surface area contributed by atoms with Crippen LogP contribution in [0, 0.1) is 0 Å². The van der Waals surface area contributed by atoms with Crippen molar-refractivity contribution in [1.29, 1.82) is 0 Å². The highest BCUT2D eigenvalue weighted by atomic mass is 16.4. The van der Waals surface area contributed by atoms with Crippen molar-refractivity contribution in [3.05, 3.63) is 47.0 Å². The van der Waals surface area contributed by atoms with Crippen LogP contribution in [0.4, 0.5) is 22.7 Å². The minimum atomic E-state index is -1.35. The third-order valence-electron chi connectivity index (χ3n) is 3.02. The summed E-state index contributed by atoms with van der Waals surface area (Å²) in [4.78, 5) is 31.6. The van der Waals surface area contributed by atoms with Crippen LogP contribution in [0.25, 0.3) is 0 Å². The van der Waals surface area contributed by atoms with Gasteiger partial charge in [0.2, 0.25) is 0 Å². The van der Waals surface area contributed by atoms with Crippen LogP contribution >= 0.6 is 0 Å². The van der Waals surface area contributed by atoms with E-state index in [0.29, 0.717) is 11.4 Å². The minimum absolute atomic E-state index is 0.0485. The molecule has 2 aromatic carbocycles. The topological polar surface area (TPSA) is 216 Å². The van der Waals surface area contributed by atoms with E-state index in [9.17, 15) is 14.4 Å². The zero-order chi connectivity index (χ0) is 19.3. The first-order valence-corrected chi connectivity index (χ1v) is 6.58. The second-order valence-corrected chi connectivity index (χ2v) is 4.79. The van der Waals surface area contributed by atoms with E-state index in [2.05, 4.69) is 0 Å². The number of aromatic carboxylic acids is 3. The van der Waals surface area contributed by atoms with Crippen molar-refractivity contribution < 1.29 is 29.7 Å². The van der Waals surface area contributed by atoms with Gasteiger partial charge in [0.05, 0.1) is 39.4 Å². The number of nitrogen functional groups attached to an aromatic ring is 4. The van der Waals surface area contributed by atoms with Gasteiger partial charge in [0.25, 0.3) is 0 Å². The number of rotatable bonds is 3. The largest absolute Gasteiger partial charge is 0.478 e. The molecule has 0 fully saturated rings. The summed E-state index contributed by atoms with van der Waals surface area (Å²) >= 11 is 0. The van der Waals surface area contributed by atoms with Gasteiger partial charge in [-0.1, -0.05) is 0 Å². The summed E-state index contributed by atoms with van der Waals surface area (Å²) in [7, 11) is 0. The molecule has 0 heterocycles. The van der Waals surface area contributed by atoms with Crippen LogP contribution in [0.1, 0.15) is 31.1 Å². The van der Waals surface area contributed by atoms with E-state index >= 15 is 0 Å². The van der Waals surface area contributed by atoms with E-state index in [0.717, 1.165) is 12.1 Å². The predicted molar refractivity (Wildman–Crippen MR) is 91.4 cm³/mol. The SMILES string of the molecule is Nc1cc(C(=O)O)c(C(=O)O)cc1N.Nc1ccc(C(=O)O)cc1N. The van der Waals surface area contributed by atoms with Crippen LogP contribution < -0.4 is 22.9 Å². The predicted octanol–water partition coefficient (Wildman–Crippen LogP) is 0.797. The molecule has 2 aromatic rings. The van der Waals surface area contributed by atoms with Crippen molar-refractivity contribution in [2.75, 3.05) is 22.9 Å². The van der Waals surface area contributed by atoms with Crippen LogP contribution in [0.2, 0.25) is 0 Å². The number of hydrogen-bond donors (Lipinski definition) is 7. The van der Waals surface area contributed by atoms with E-state index in [1.807, 2.05) is 0 Å². The van der Waals surface area contributed by atoms with Crippen LogP contribution in [0.15, 0.2) is 30.3 Å². The summed E-state index contributed by atoms with van der Waals surface area (Å²) in [6.07, 6.45) is 0. The Bertz CT molecular complexity index is 811. The van der Waals surface area contributed by atoms with Gasteiger partial charge < -0.3 is 38.3 Å². The highest BCUT2D eigenvalue weighted by molar-refractivity contribution is 6.03. The monoisotopic (exact) mass is 348 g/mol. The number of nitrogens with two attached hydrogens (primary N) is 4. The van der Waals surface area contributed by atoms with E-state index in [1.165, 1.54) is 18.2 Å². The zero-order valence-corrected chi connectivity index (χ0v) is 12.8. The summed E-state index contributed by atoms with van der Waals surface area (Å²) in [6, 6.07) is 6.27. The first kappa shape index (κ1) is 19.1. The van der Waals surface area contributed by atoms with Crippen molar-refractivity contribution in [3.8, 4) is 0 Å². The Morgan fingerprint density at radius 2 is 1.00 bits per heavy atom. The lowest BCUT2D eigenvalue weighted by Gasteiger charge is -2.05. The van der Waals surface area contributed by atoms with Crippen LogP contribution in [-0.4, -0.2) is 33.2 Å². The molecule has 0 amide bonds. The maximum absolute atomic E-state index is 10.6. The number of carboxylic acids is 3. The van der Waals surface area contributed by atoms with Crippen molar-refractivity contribution >= 4 is 40.7 Å². The van der Waals surface area contributed by atoms with Gasteiger partial charge >= 0.3 is 17.9 Å². The van der Waals surface area contributed by atoms with Crippen molar-refractivity contribution in [2.24, 2.45) is 0 Å². The van der Waals surface area contributed by atoms with Gasteiger partial charge in [-0.15, -0.1) is 0 Å². The summed E-state index contributed by atoms with van der Waals surface area (Å²) < 4.78 is 0. The molecule has 0 bridgehead atoms. The highest BCUT2D eigenvalue weighted by Crippen LogP contribution is 2.21. The van der Waals surface area contributed by atoms with Crippen molar-refractivity contribution in [1.82, 2.24) is 0 Å². The molecule has 0 radical (unpaired) electrons. The molecule has 10 heteroatoms. The number of benzene rings is 2. The third-order valence-corrected chi connectivity index (χ3v) is 3.02. The average Bonchev–Trinajstić information content (AvgIpc) is 2.52. The molecule has 25 heavy (non-hydrogen) atoms. The normalized spacial score (nSPS) is 9.60. The lowest BCUT2D eigenvalue weighted by Crippen LogP contribution is -2.10. The Morgan fingerprint density at radius 3 is 1.32 bits per heavy atom. The molecule has 0 saturated heterocycles. The Hall–Kier alpha value is -3.95. The van der Waals surface area contributed by atoms with Gasteiger partial charge in [-0.25, -0.2) is 14.4 Å². The molecule has 0 aliphatic rings. The highest BCUT2D eigenvalue weighted by Gasteiger charge is 2.17. The van der Waals surface area contributed by atoms with Gasteiger partial charge in [-0.2, -0.15) is 0 Å². The zero-order valence-electron chi connectivity index (χ0n) is 12.8. The van der Waals surface area contributed by atoms with E-state index in [1.54, 1.807) is 0 Å².